The van der Waals surface area contributed by atoms with Crippen LogP contribution in [0.1, 0.15) is 34.6 Å². The van der Waals surface area contributed by atoms with E-state index in [1.54, 1.807) is 26.0 Å². The molecule has 6 heteroatoms. The molecular weight excluding hydrogens is 462 g/mol. The summed E-state index contributed by atoms with van der Waals surface area (Å²) in [6, 6.07) is 3.29. The Kier molecular flexibility index (Phi) is 6.33. The van der Waals surface area contributed by atoms with Crippen molar-refractivity contribution in [3.8, 4) is 0 Å². The minimum atomic E-state index is -0.379. The van der Waals surface area contributed by atoms with E-state index in [4.69, 9.17) is 9.47 Å². The summed E-state index contributed by atoms with van der Waals surface area (Å²) >= 11 is 4.01. The molecule has 0 fully saturated rings. The van der Waals surface area contributed by atoms with E-state index in [0.717, 1.165) is 0 Å². The summed E-state index contributed by atoms with van der Waals surface area (Å²) in [5.41, 5.74) is 0.935. The third kappa shape index (κ3) is 3.81. The summed E-state index contributed by atoms with van der Waals surface area (Å²) in [4.78, 5) is 23.4. The number of carbonyl (C=O) groups is 2. The van der Waals surface area contributed by atoms with Gasteiger partial charge in [-0.15, -0.1) is 0 Å². The molecule has 0 unspecified atom stereocenters. The van der Waals surface area contributed by atoms with Gasteiger partial charge in [-0.05, 0) is 71.2 Å². The molecular formula is C12H12I2O4. The maximum atomic E-state index is 11.7. The van der Waals surface area contributed by atoms with Gasteiger partial charge in [0.15, 0.2) is 0 Å². The van der Waals surface area contributed by atoms with Gasteiger partial charge in [0.25, 0.3) is 0 Å². The lowest BCUT2D eigenvalue weighted by Gasteiger charge is -2.09. The van der Waals surface area contributed by atoms with Crippen LogP contribution >= 0.6 is 45.2 Å². The van der Waals surface area contributed by atoms with Crippen molar-refractivity contribution in [1.29, 1.82) is 0 Å². The fraction of sp³-hybridized carbons (Fsp3) is 0.333. The van der Waals surface area contributed by atoms with E-state index in [1.807, 2.05) is 45.2 Å². The van der Waals surface area contributed by atoms with Crippen LogP contribution in [0.15, 0.2) is 12.1 Å². The zero-order valence-corrected chi connectivity index (χ0v) is 14.3. The molecule has 0 heterocycles. The maximum Gasteiger partial charge on any atom is 0.339 e. The first kappa shape index (κ1) is 15.7. The van der Waals surface area contributed by atoms with Crippen molar-refractivity contribution in [2.75, 3.05) is 13.2 Å². The number of carbonyl (C=O) groups excluding carboxylic acids is 2. The number of hydrogen-bond donors (Lipinski definition) is 0. The van der Waals surface area contributed by atoms with Crippen molar-refractivity contribution in [3.63, 3.8) is 0 Å². The van der Waals surface area contributed by atoms with Gasteiger partial charge < -0.3 is 9.47 Å². The number of halogens is 2. The van der Waals surface area contributed by atoms with Gasteiger partial charge in [0.05, 0.1) is 24.3 Å². The number of ether oxygens (including phenoxy) is 2. The third-order valence-electron chi connectivity index (χ3n) is 2.05. The van der Waals surface area contributed by atoms with E-state index < -0.39 is 0 Å². The monoisotopic (exact) mass is 474 g/mol. The highest BCUT2D eigenvalue weighted by Crippen LogP contribution is 2.22. The van der Waals surface area contributed by atoms with Crippen LogP contribution in [0.4, 0.5) is 0 Å². The Morgan fingerprint density at radius 1 is 0.944 bits per heavy atom. The molecule has 0 radical (unpaired) electrons. The molecule has 98 valence electrons. The molecule has 0 saturated carbocycles. The highest BCUT2D eigenvalue weighted by atomic mass is 127. The molecule has 1 rings (SSSR count). The van der Waals surface area contributed by atoms with Crippen molar-refractivity contribution in [2.24, 2.45) is 0 Å². The predicted octanol–water partition coefficient (Wildman–Crippen LogP) is 3.25. The standard InChI is InChI=1S/C12H12I2O4/c1-3-17-11(15)7-5-10(14)8(6-9(7)13)12(16)18-4-2/h5-6H,3-4H2,1-2H3. The number of hydrogen-bond acceptors (Lipinski definition) is 4. The van der Waals surface area contributed by atoms with Gasteiger partial charge in [0.2, 0.25) is 0 Å². The molecule has 18 heavy (non-hydrogen) atoms. The maximum absolute atomic E-state index is 11.7. The molecule has 0 atom stereocenters. The molecule has 4 nitrogen and oxygen atoms in total. The molecule has 0 N–H and O–H groups in total. The van der Waals surface area contributed by atoms with Crippen LogP contribution in [0.25, 0.3) is 0 Å². The van der Waals surface area contributed by atoms with Gasteiger partial charge in [-0.3, -0.25) is 0 Å². The summed E-state index contributed by atoms with van der Waals surface area (Å²) in [5, 5.41) is 0. The van der Waals surface area contributed by atoms with Crippen molar-refractivity contribution >= 4 is 57.1 Å². The highest BCUT2D eigenvalue weighted by Gasteiger charge is 2.18. The molecule has 0 spiro atoms. The normalized spacial score (nSPS) is 10.0. The highest BCUT2D eigenvalue weighted by molar-refractivity contribution is 14.1. The average molecular weight is 474 g/mol. The van der Waals surface area contributed by atoms with Gasteiger partial charge >= 0.3 is 11.9 Å². The van der Waals surface area contributed by atoms with Crippen molar-refractivity contribution in [1.82, 2.24) is 0 Å². The lowest BCUT2D eigenvalue weighted by atomic mass is 10.1. The van der Waals surface area contributed by atoms with E-state index >= 15 is 0 Å². The molecule has 0 saturated heterocycles. The minimum absolute atomic E-state index is 0.325. The second-order valence-electron chi connectivity index (χ2n) is 3.25. The molecule has 0 aromatic heterocycles. The van der Waals surface area contributed by atoms with Crippen LogP contribution in [-0.2, 0) is 9.47 Å². The fourth-order valence-electron chi connectivity index (χ4n) is 1.28. The second kappa shape index (κ2) is 7.27. The van der Waals surface area contributed by atoms with E-state index in [0.29, 0.717) is 31.5 Å². The fourth-order valence-corrected chi connectivity index (χ4v) is 2.65. The molecule has 1 aromatic rings. The Balaban J connectivity index is 3.11. The molecule has 0 aliphatic rings. The Morgan fingerprint density at radius 2 is 1.28 bits per heavy atom. The van der Waals surface area contributed by atoms with E-state index in [-0.39, 0.29) is 11.9 Å². The molecule has 0 aliphatic heterocycles. The SMILES string of the molecule is CCOC(=O)c1cc(I)c(C(=O)OCC)cc1I. The first-order chi connectivity index (χ1) is 8.51. The van der Waals surface area contributed by atoms with Crippen LogP contribution in [0.5, 0.6) is 0 Å². The lowest BCUT2D eigenvalue weighted by molar-refractivity contribution is 0.0509. The lowest BCUT2D eigenvalue weighted by Crippen LogP contribution is -2.12. The number of esters is 2. The van der Waals surface area contributed by atoms with Crippen LogP contribution in [-0.4, -0.2) is 25.2 Å². The van der Waals surface area contributed by atoms with Crippen molar-refractivity contribution < 1.29 is 19.1 Å². The predicted molar refractivity (Wildman–Crippen MR) is 83.8 cm³/mol. The quantitative estimate of drug-likeness (QED) is 0.497. The summed E-state index contributed by atoms with van der Waals surface area (Å²) in [6.45, 7) is 4.15. The summed E-state index contributed by atoms with van der Waals surface area (Å²) in [6.07, 6.45) is 0. The van der Waals surface area contributed by atoms with Crippen molar-refractivity contribution in [3.05, 3.63) is 30.4 Å². The summed E-state index contributed by atoms with van der Waals surface area (Å²) in [7, 11) is 0. The Bertz CT molecular complexity index is 428. The minimum Gasteiger partial charge on any atom is -0.462 e. The molecule has 1 aromatic carbocycles. The zero-order chi connectivity index (χ0) is 13.7. The van der Waals surface area contributed by atoms with Crippen LogP contribution in [0.2, 0.25) is 0 Å². The Morgan fingerprint density at radius 3 is 1.56 bits per heavy atom. The first-order valence-corrected chi connectivity index (χ1v) is 7.50. The summed E-state index contributed by atoms with van der Waals surface area (Å²) < 4.78 is 11.2. The molecule has 0 aliphatic carbocycles. The topological polar surface area (TPSA) is 52.6 Å². The Labute approximate surface area is 133 Å². The van der Waals surface area contributed by atoms with Crippen LogP contribution < -0.4 is 0 Å². The Hall–Kier alpha value is -0.380. The van der Waals surface area contributed by atoms with E-state index in [2.05, 4.69) is 0 Å². The number of rotatable bonds is 4. The first-order valence-electron chi connectivity index (χ1n) is 5.34. The third-order valence-corrected chi connectivity index (χ3v) is 3.83. The largest absolute Gasteiger partial charge is 0.462 e. The molecule has 0 amide bonds. The molecule has 0 bridgehead atoms. The van der Waals surface area contributed by atoms with Crippen LogP contribution in [0.3, 0.4) is 0 Å². The number of benzene rings is 1. The average Bonchev–Trinajstić information content (AvgIpc) is 2.32. The van der Waals surface area contributed by atoms with Gasteiger partial charge in [0, 0.05) is 7.14 Å². The van der Waals surface area contributed by atoms with Crippen LogP contribution in [0, 0.1) is 7.14 Å². The smallest absolute Gasteiger partial charge is 0.339 e. The van der Waals surface area contributed by atoms with Crippen molar-refractivity contribution in [2.45, 2.75) is 13.8 Å². The van der Waals surface area contributed by atoms with Gasteiger partial charge in [-0.25, -0.2) is 9.59 Å². The zero-order valence-electron chi connectivity index (χ0n) is 9.96. The van der Waals surface area contributed by atoms with Gasteiger partial charge in [-0.1, -0.05) is 0 Å². The van der Waals surface area contributed by atoms with E-state index in [9.17, 15) is 9.59 Å². The second-order valence-corrected chi connectivity index (χ2v) is 5.58. The summed E-state index contributed by atoms with van der Waals surface area (Å²) in [5.74, 6) is -0.759. The van der Waals surface area contributed by atoms with E-state index in [1.165, 1.54) is 0 Å². The van der Waals surface area contributed by atoms with Gasteiger partial charge in [0.1, 0.15) is 0 Å². The van der Waals surface area contributed by atoms with Gasteiger partial charge in [-0.2, -0.15) is 0 Å².